The number of esters is 1. The molecule has 0 fully saturated rings. The summed E-state index contributed by atoms with van der Waals surface area (Å²) in [6, 6.07) is 14.7. The molecule has 5 heteroatoms. The highest BCUT2D eigenvalue weighted by molar-refractivity contribution is 5.91. The largest absolute Gasteiger partial charge is 0.493 e. The van der Waals surface area contributed by atoms with Gasteiger partial charge in [-0.25, -0.2) is 4.79 Å². The van der Waals surface area contributed by atoms with E-state index >= 15 is 0 Å². The third kappa shape index (κ3) is 3.38. The number of rotatable bonds is 4. The molecule has 0 spiro atoms. The number of ether oxygens (including phenoxy) is 2. The van der Waals surface area contributed by atoms with Crippen molar-refractivity contribution < 1.29 is 19.4 Å². The van der Waals surface area contributed by atoms with Gasteiger partial charge in [-0.05, 0) is 29.8 Å². The molecular formula is C16H13NO4. The molecule has 1 N–H and O–H groups in total. The molecule has 21 heavy (non-hydrogen) atoms. The van der Waals surface area contributed by atoms with Crippen molar-refractivity contribution in [1.82, 2.24) is 0 Å². The number of hydrogen-bond acceptors (Lipinski definition) is 5. The number of carbonyl (C=O) groups is 1. The molecular weight excluding hydrogens is 270 g/mol. The van der Waals surface area contributed by atoms with Crippen LogP contribution in [-0.2, 0) is 0 Å². The van der Waals surface area contributed by atoms with Crippen molar-refractivity contribution in [3.63, 3.8) is 0 Å². The number of nitriles is 1. The van der Waals surface area contributed by atoms with Crippen molar-refractivity contribution in [2.75, 3.05) is 7.11 Å². The molecule has 2 aromatic carbocycles. The van der Waals surface area contributed by atoms with Crippen LogP contribution in [0.25, 0.3) is 0 Å². The van der Waals surface area contributed by atoms with Crippen LogP contribution in [0.3, 0.4) is 0 Å². The number of aliphatic hydroxyl groups excluding tert-OH is 1. The molecule has 1 atom stereocenters. The van der Waals surface area contributed by atoms with E-state index in [-0.39, 0.29) is 5.75 Å². The molecule has 2 rings (SSSR count). The van der Waals surface area contributed by atoms with Crippen molar-refractivity contribution in [2.24, 2.45) is 0 Å². The highest BCUT2D eigenvalue weighted by atomic mass is 16.6. The number of benzene rings is 2. The van der Waals surface area contributed by atoms with Crippen LogP contribution >= 0.6 is 0 Å². The van der Waals surface area contributed by atoms with Gasteiger partial charge in [0.2, 0.25) is 0 Å². The summed E-state index contributed by atoms with van der Waals surface area (Å²) in [5.74, 6) is -0.0520. The zero-order chi connectivity index (χ0) is 15.2. The summed E-state index contributed by atoms with van der Waals surface area (Å²) in [6.07, 6.45) is -1.29. The summed E-state index contributed by atoms with van der Waals surface area (Å²) in [7, 11) is 1.44. The molecule has 1 unspecified atom stereocenters. The van der Waals surface area contributed by atoms with Crippen molar-refractivity contribution in [3.05, 3.63) is 59.7 Å². The molecule has 0 aliphatic heterocycles. The fraction of sp³-hybridized carbons (Fsp3) is 0.125. The average molecular weight is 283 g/mol. The monoisotopic (exact) mass is 283 g/mol. The zero-order valence-electron chi connectivity index (χ0n) is 11.3. The van der Waals surface area contributed by atoms with Gasteiger partial charge in [0.05, 0.1) is 18.7 Å². The van der Waals surface area contributed by atoms with Gasteiger partial charge in [0, 0.05) is 0 Å². The first-order valence-electron chi connectivity index (χ1n) is 6.18. The molecule has 0 heterocycles. The van der Waals surface area contributed by atoms with E-state index in [1.807, 2.05) is 0 Å². The predicted octanol–water partition coefficient (Wildman–Crippen LogP) is 2.47. The van der Waals surface area contributed by atoms with Gasteiger partial charge < -0.3 is 14.6 Å². The first-order chi connectivity index (χ1) is 10.2. The minimum atomic E-state index is -1.29. The van der Waals surface area contributed by atoms with Crippen molar-refractivity contribution in [2.45, 2.75) is 6.10 Å². The van der Waals surface area contributed by atoms with Crippen molar-refractivity contribution >= 4 is 5.97 Å². The third-order valence-corrected chi connectivity index (χ3v) is 2.84. The molecule has 0 bridgehead atoms. The second-order valence-corrected chi connectivity index (χ2v) is 4.20. The second kappa shape index (κ2) is 6.55. The number of methoxy groups -OCH3 is 1. The zero-order valence-corrected chi connectivity index (χ0v) is 11.3. The minimum absolute atomic E-state index is 0.151. The Bertz CT molecular complexity index is 676. The lowest BCUT2D eigenvalue weighted by Gasteiger charge is -2.11. The Morgan fingerprint density at radius 3 is 2.52 bits per heavy atom. The number of hydrogen-bond donors (Lipinski definition) is 1. The topological polar surface area (TPSA) is 79.6 Å². The van der Waals surface area contributed by atoms with Crippen LogP contribution < -0.4 is 9.47 Å². The van der Waals surface area contributed by atoms with Crippen LogP contribution in [0.2, 0.25) is 0 Å². The van der Waals surface area contributed by atoms with Crippen molar-refractivity contribution in [3.8, 4) is 17.6 Å². The summed E-state index contributed by atoms with van der Waals surface area (Å²) >= 11 is 0. The van der Waals surface area contributed by atoms with Gasteiger partial charge in [-0.2, -0.15) is 5.26 Å². The van der Waals surface area contributed by atoms with Gasteiger partial charge in [0.1, 0.15) is 0 Å². The molecule has 0 aliphatic carbocycles. The van der Waals surface area contributed by atoms with Gasteiger partial charge in [-0.3, -0.25) is 0 Å². The predicted molar refractivity (Wildman–Crippen MR) is 75.0 cm³/mol. The smallest absolute Gasteiger partial charge is 0.343 e. The highest BCUT2D eigenvalue weighted by Crippen LogP contribution is 2.30. The molecule has 5 nitrogen and oxygen atoms in total. The van der Waals surface area contributed by atoms with Crippen LogP contribution in [0.4, 0.5) is 0 Å². The van der Waals surface area contributed by atoms with E-state index < -0.39 is 12.1 Å². The molecule has 0 amide bonds. The summed E-state index contributed by atoms with van der Waals surface area (Å²) < 4.78 is 10.4. The molecule has 0 aliphatic rings. The molecule has 0 aromatic heterocycles. The van der Waals surface area contributed by atoms with E-state index in [9.17, 15) is 9.90 Å². The Kier molecular flexibility index (Phi) is 4.54. The first-order valence-corrected chi connectivity index (χ1v) is 6.18. The maximum atomic E-state index is 12.0. The minimum Gasteiger partial charge on any atom is -0.493 e. The van der Waals surface area contributed by atoms with Gasteiger partial charge in [-0.1, -0.05) is 24.3 Å². The van der Waals surface area contributed by atoms with Crippen LogP contribution in [-0.4, -0.2) is 18.2 Å². The maximum absolute atomic E-state index is 12.0. The Balaban J connectivity index is 2.30. The number of nitrogens with zero attached hydrogens (tertiary/aromatic N) is 1. The number of aliphatic hydroxyl groups is 1. The first kappa shape index (κ1) is 14.6. The molecule has 2 aromatic rings. The van der Waals surface area contributed by atoms with Gasteiger partial charge in [-0.15, -0.1) is 0 Å². The maximum Gasteiger partial charge on any atom is 0.343 e. The third-order valence-electron chi connectivity index (χ3n) is 2.84. The summed E-state index contributed by atoms with van der Waals surface area (Å²) in [4.78, 5) is 12.0. The van der Waals surface area contributed by atoms with E-state index in [4.69, 9.17) is 14.7 Å². The van der Waals surface area contributed by atoms with Crippen LogP contribution in [0.1, 0.15) is 22.0 Å². The summed E-state index contributed by atoms with van der Waals surface area (Å²) in [5.41, 5.74) is 0.722. The summed E-state index contributed by atoms with van der Waals surface area (Å²) in [5, 5.41) is 18.3. The lowest BCUT2D eigenvalue weighted by molar-refractivity contribution is 0.0729. The average Bonchev–Trinajstić information content (AvgIpc) is 2.54. The van der Waals surface area contributed by atoms with E-state index in [0.29, 0.717) is 16.9 Å². The summed E-state index contributed by atoms with van der Waals surface area (Å²) in [6.45, 7) is 0. The SMILES string of the molecule is COc1ccc(C(O)C#N)cc1OC(=O)c1ccccc1. The van der Waals surface area contributed by atoms with Gasteiger partial charge in [0.25, 0.3) is 0 Å². The van der Waals surface area contributed by atoms with E-state index in [1.165, 1.54) is 25.3 Å². The lowest BCUT2D eigenvalue weighted by Crippen LogP contribution is -2.09. The standard InChI is InChI=1S/C16H13NO4/c1-20-14-8-7-12(13(18)10-17)9-15(14)21-16(19)11-5-3-2-4-6-11/h2-9,13,18H,1H3. The Morgan fingerprint density at radius 1 is 1.19 bits per heavy atom. The fourth-order valence-electron chi connectivity index (χ4n) is 1.75. The van der Waals surface area contributed by atoms with E-state index in [2.05, 4.69) is 0 Å². The van der Waals surface area contributed by atoms with Crippen LogP contribution in [0.15, 0.2) is 48.5 Å². The Morgan fingerprint density at radius 2 is 1.90 bits per heavy atom. The second-order valence-electron chi connectivity index (χ2n) is 4.20. The van der Waals surface area contributed by atoms with E-state index in [1.54, 1.807) is 36.4 Å². The van der Waals surface area contributed by atoms with Crippen molar-refractivity contribution in [1.29, 1.82) is 5.26 Å². The van der Waals surface area contributed by atoms with Crippen LogP contribution in [0.5, 0.6) is 11.5 Å². The molecule has 0 saturated heterocycles. The molecule has 0 radical (unpaired) electrons. The molecule has 0 saturated carbocycles. The lowest BCUT2D eigenvalue weighted by atomic mass is 10.1. The molecule has 106 valence electrons. The van der Waals surface area contributed by atoms with Gasteiger partial charge >= 0.3 is 5.97 Å². The normalized spacial score (nSPS) is 11.3. The van der Waals surface area contributed by atoms with Crippen LogP contribution in [0, 0.1) is 11.3 Å². The fourth-order valence-corrected chi connectivity index (χ4v) is 1.75. The highest BCUT2D eigenvalue weighted by Gasteiger charge is 2.15. The van der Waals surface area contributed by atoms with E-state index in [0.717, 1.165) is 0 Å². The quantitative estimate of drug-likeness (QED) is 0.529. The Labute approximate surface area is 122 Å². The van der Waals surface area contributed by atoms with Gasteiger partial charge in [0.15, 0.2) is 17.6 Å². The number of carbonyl (C=O) groups excluding carboxylic acids is 1. The Hall–Kier alpha value is -2.84.